The number of para-hydroxylation sites is 1. The molecule has 7 rings (SSSR count). The number of pyridine rings is 2. The van der Waals surface area contributed by atoms with Crippen LogP contribution in [0.1, 0.15) is 5.56 Å². The largest absolute Gasteiger partial charge is 0.455 e. The van der Waals surface area contributed by atoms with Crippen LogP contribution < -0.4 is 0 Å². The Hall–Kier alpha value is -4.76. The highest BCUT2D eigenvalue weighted by atomic mass is 16.3. The zero-order valence-corrected chi connectivity index (χ0v) is 19.8. The lowest BCUT2D eigenvalue weighted by atomic mass is 9.96. The van der Waals surface area contributed by atoms with Gasteiger partial charge in [0.05, 0.1) is 5.69 Å². The zero-order valence-electron chi connectivity index (χ0n) is 19.8. The van der Waals surface area contributed by atoms with Gasteiger partial charge in [-0.15, -0.1) is 0 Å². The molecule has 0 fully saturated rings. The highest BCUT2D eigenvalue weighted by molar-refractivity contribution is 6.14. The SMILES string of the molecule is Cc1cc(-c2cccc3ccncc23)c2oc3c(-c4cc(-c5ccccc5)ccn4)cccc3c2c1. The van der Waals surface area contributed by atoms with Gasteiger partial charge in [0, 0.05) is 45.9 Å². The van der Waals surface area contributed by atoms with Crippen LogP contribution in [0.2, 0.25) is 0 Å². The molecule has 3 heterocycles. The molecule has 3 aromatic heterocycles. The van der Waals surface area contributed by atoms with E-state index in [0.717, 1.165) is 60.7 Å². The maximum absolute atomic E-state index is 6.71. The number of hydrogen-bond donors (Lipinski definition) is 0. The standard InChI is InChI=1S/C33H22N2O/c1-21-17-28(25-10-5-9-23-13-15-34-20-30(23)25)33-29(18-21)26-11-6-12-27(32(26)36-33)31-19-24(14-16-35-31)22-7-3-2-4-8-22/h2-20H,1H3. The molecule has 0 aliphatic carbocycles. The van der Waals surface area contributed by atoms with E-state index in [0.29, 0.717) is 0 Å². The van der Waals surface area contributed by atoms with Crippen LogP contribution in [-0.2, 0) is 0 Å². The molecular formula is C33H22N2O. The predicted octanol–water partition coefficient (Wildman–Crippen LogP) is 8.84. The Morgan fingerprint density at radius 1 is 0.583 bits per heavy atom. The number of aromatic nitrogens is 2. The van der Waals surface area contributed by atoms with E-state index in [9.17, 15) is 0 Å². The Balaban J connectivity index is 1.49. The smallest absolute Gasteiger partial charge is 0.144 e. The third kappa shape index (κ3) is 3.29. The number of hydrogen-bond acceptors (Lipinski definition) is 3. The minimum absolute atomic E-state index is 0.857. The van der Waals surface area contributed by atoms with E-state index in [1.54, 1.807) is 0 Å². The Kier molecular flexibility index (Phi) is 4.68. The molecule has 170 valence electrons. The lowest BCUT2D eigenvalue weighted by molar-refractivity contribution is 0.671. The third-order valence-corrected chi connectivity index (χ3v) is 6.86. The van der Waals surface area contributed by atoms with Gasteiger partial charge in [0.25, 0.3) is 0 Å². The first-order chi connectivity index (χ1) is 17.8. The van der Waals surface area contributed by atoms with Crippen molar-refractivity contribution in [1.82, 2.24) is 9.97 Å². The van der Waals surface area contributed by atoms with Crippen molar-refractivity contribution in [3.05, 3.63) is 121 Å². The topological polar surface area (TPSA) is 38.9 Å². The Morgan fingerprint density at radius 2 is 1.42 bits per heavy atom. The molecule has 3 nitrogen and oxygen atoms in total. The van der Waals surface area contributed by atoms with Gasteiger partial charge in [0.2, 0.25) is 0 Å². The van der Waals surface area contributed by atoms with Gasteiger partial charge in [-0.05, 0) is 71.0 Å². The van der Waals surface area contributed by atoms with Crippen LogP contribution >= 0.6 is 0 Å². The van der Waals surface area contributed by atoms with Gasteiger partial charge in [-0.3, -0.25) is 9.97 Å². The second kappa shape index (κ2) is 8.17. The first-order valence-electron chi connectivity index (χ1n) is 12.1. The molecule has 0 saturated carbocycles. The zero-order chi connectivity index (χ0) is 24.1. The fourth-order valence-electron chi connectivity index (χ4n) is 5.18. The van der Waals surface area contributed by atoms with Crippen LogP contribution in [0.4, 0.5) is 0 Å². The van der Waals surface area contributed by atoms with E-state index < -0.39 is 0 Å². The van der Waals surface area contributed by atoms with Gasteiger partial charge in [-0.1, -0.05) is 60.7 Å². The van der Waals surface area contributed by atoms with Crippen molar-refractivity contribution in [3.63, 3.8) is 0 Å². The molecule has 0 atom stereocenters. The van der Waals surface area contributed by atoms with E-state index in [1.165, 1.54) is 11.1 Å². The predicted molar refractivity (Wildman–Crippen MR) is 148 cm³/mol. The van der Waals surface area contributed by atoms with Crippen molar-refractivity contribution in [2.75, 3.05) is 0 Å². The molecule has 0 aliphatic rings. The fourth-order valence-corrected chi connectivity index (χ4v) is 5.18. The molecule has 0 aliphatic heterocycles. The number of furan rings is 1. The average molecular weight is 463 g/mol. The quantitative estimate of drug-likeness (QED) is 0.263. The molecule has 0 unspecified atom stereocenters. The minimum Gasteiger partial charge on any atom is -0.455 e. The molecule has 36 heavy (non-hydrogen) atoms. The summed E-state index contributed by atoms with van der Waals surface area (Å²) in [4.78, 5) is 9.12. The second-order valence-corrected chi connectivity index (χ2v) is 9.17. The summed E-state index contributed by atoms with van der Waals surface area (Å²) in [5.74, 6) is 0. The maximum atomic E-state index is 6.71. The summed E-state index contributed by atoms with van der Waals surface area (Å²) in [7, 11) is 0. The van der Waals surface area contributed by atoms with Gasteiger partial charge in [-0.25, -0.2) is 0 Å². The normalized spacial score (nSPS) is 11.5. The number of nitrogens with zero attached hydrogens (tertiary/aromatic N) is 2. The molecule has 4 aromatic carbocycles. The summed E-state index contributed by atoms with van der Waals surface area (Å²) >= 11 is 0. The Bertz CT molecular complexity index is 1900. The van der Waals surface area contributed by atoms with E-state index in [-0.39, 0.29) is 0 Å². The summed E-state index contributed by atoms with van der Waals surface area (Å²) in [6.45, 7) is 2.14. The van der Waals surface area contributed by atoms with E-state index in [1.807, 2.05) is 36.8 Å². The van der Waals surface area contributed by atoms with Crippen molar-refractivity contribution in [2.45, 2.75) is 6.92 Å². The van der Waals surface area contributed by atoms with Crippen LogP contribution in [0.5, 0.6) is 0 Å². The molecule has 7 aromatic rings. The van der Waals surface area contributed by atoms with Crippen LogP contribution in [0.3, 0.4) is 0 Å². The van der Waals surface area contributed by atoms with Crippen molar-refractivity contribution in [2.24, 2.45) is 0 Å². The molecule has 0 N–H and O–H groups in total. The Labute approximate surface area is 208 Å². The van der Waals surface area contributed by atoms with Crippen molar-refractivity contribution in [1.29, 1.82) is 0 Å². The first kappa shape index (κ1) is 20.6. The summed E-state index contributed by atoms with van der Waals surface area (Å²) in [5.41, 5.74) is 9.33. The van der Waals surface area contributed by atoms with Crippen molar-refractivity contribution < 1.29 is 4.42 Å². The summed E-state index contributed by atoms with van der Waals surface area (Å²) < 4.78 is 6.71. The van der Waals surface area contributed by atoms with Gasteiger partial charge >= 0.3 is 0 Å². The van der Waals surface area contributed by atoms with E-state index in [4.69, 9.17) is 9.40 Å². The molecule has 0 saturated heterocycles. The molecule has 0 bridgehead atoms. The molecular weight excluding hydrogens is 440 g/mol. The lowest BCUT2D eigenvalue weighted by Crippen LogP contribution is -1.86. The van der Waals surface area contributed by atoms with Crippen LogP contribution in [0.15, 0.2) is 120 Å². The first-order valence-corrected chi connectivity index (χ1v) is 12.1. The third-order valence-electron chi connectivity index (χ3n) is 6.86. The van der Waals surface area contributed by atoms with Gasteiger partial charge < -0.3 is 4.42 Å². The fraction of sp³-hybridized carbons (Fsp3) is 0.0303. The highest BCUT2D eigenvalue weighted by Crippen LogP contribution is 2.42. The van der Waals surface area contributed by atoms with Crippen LogP contribution in [-0.4, -0.2) is 9.97 Å². The minimum atomic E-state index is 0.857. The average Bonchev–Trinajstić information content (AvgIpc) is 3.31. The van der Waals surface area contributed by atoms with E-state index >= 15 is 0 Å². The Morgan fingerprint density at radius 3 is 2.33 bits per heavy atom. The van der Waals surface area contributed by atoms with Gasteiger partial charge in [0.1, 0.15) is 11.2 Å². The summed E-state index contributed by atoms with van der Waals surface area (Å²) in [6, 6.07) is 33.7. The molecule has 3 heteroatoms. The van der Waals surface area contributed by atoms with E-state index in [2.05, 4.69) is 90.8 Å². The molecule has 0 spiro atoms. The molecule has 0 amide bonds. The number of benzene rings is 4. The van der Waals surface area contributed by atoms with Gasteiger partial charge in [0.15, 0.2) is 0 Å². The monoisotopic (exact) mass is 462 g/mol. The molecule has 0 radical (unpaired) electrons. The summed E-state index contributed by atoms with van der Waals surface area (Å²) in [5, 5.41) is 4.49. The van der Waals surface area contributed by atoms with Crippen molar-refractivity contribution >= 4 is 32.7 Å². The second-order valence-electron chi connectivity index (χ2n) is 9.17. The lowest BCUT2D eigenvalue weighted by Gasteiger charge is -2.08. The highest BCUT2D eigenvalue weighted by Gasteiger charge is 2.18. The summed E-state index contributed by atoms with van der Waals surface area (Å²) in [6.07, 6.45) is 5.64. The van der Waals surface area contributed by atoms with Crippen LogP contribution in [0.25, 0.3) is 66.2 Å². The number of rotatable bonds is 3. The number of fused-ring (bicyclic) bond motifs is 4. The number of aryl methyl sites for hydroxylation is 1. The van der Waals surface area contributed by atoms with Crippen LogP contribution in [0, 0.1) is 6.92 Å². The maximum Gasteiger partial charge on any atom is 0.144 e. The van der Waals surface area contributed by atoms with Crippen molar-refractivity contribution in [3.8, 4) is 33.5 Å². The van der Waals surface area contributed by atoms with Gasteiger partial charge in [-0.2, -0.15) is 0 Å².